The van der Waals surface area contributed by atoms with Gasteiger partial charge in [-0.3, -0.25) is 19.8 Å². The standard InChI is InChI=1S/C27H23Br2N3O5/c1-3-36-21-14-17(13-19-26(34)31-32(27(19)35)18-10-5-4-6-11-18)23(28)24(29)25(21)37-15-22(33)30-20-12-8-7-9-16(20)2/h4-14H,3,15H2,1-2H3,(H,30,33)(H,31,34)/b19-13-. The lowest BCUT2D eigenvalue weighted by atomic mass is 10.1. The number of rotatable bonds is 8. The molecule has 3 aromatic carbocycles. The second kappa shape index (κ2) is 11.6. The normalized spacial score (nSPS) is 14.1. The Morgan fingerprint density at radius 3 is 2.43 bits per heavy atom. The van der Waals surface area contributed by atoms with Gasteiger partial charge in [-0.25, -0.2) is 5.01 Å². The Kier molecular flexibility index (Phi) is 8.30. The highest BCUT2D eigenvalue weighted by Gasteiger charge is 2.34. The van der Waals surface area contributed by atoms with E-state index < -0.39 is 11.8 Å². The first-order chi connectivity index (χ1) is 17.8. The number of carbonyl (C=O) groups is 3. The third-order valence-electron chi connectivity index (χ3n) is 5.43. The van der Waals surface area contributed by atoms with Crippen molar-refractivity contribution in [2.24, 2.45) is 0 Å². The van der Waals surface area contributed by atoms with Crippen molar-refractivity contribution in [3.05, 3.63) is 86.3 Å². The Balaban J connectivity index is 1.59. The van der Waals surface area contributed by atoms with Crippen LogP contribution in [0.4, 0.5) is 11.4 Å². The number of para-hydroxylation sites is 2. The lowest BCUT2D eigenvalue weighted by molar-refractivity contribution is -0.118. The van der Waals surface area contributed by atoms with Crippen LogP contribution in [0.1, 0.15) is 18.1 Å². The molecule has 1 saturated heterocycles. The fraction of sp³-hybridized carbons (Fsp3) is 0.148. The van der Waals surface area contributed by atoms with Crippen LogP contribution in [0.5, 0.6) is 11.5 Å². The lowest BCUT2D eigenvalue weighted by Crippen LogP contribution is -2.35. The smallest absolute Gasteiger partial charge is 0.282 e. The van der Waals surface area contributed by atoms with Gasteiger partial charge in [0.15, 0.2) is 18.1 Å². The van der Waals surface area contributed by atoms with Gasteiger partial charge in [-0.2, -0.15) is 0 Å². The molecule has 0 saturated carbocycles. The molecule has 1 aliphatic rings. The Hall–Kier alpha value is -3.63. The maximum Gasteiger partial charge on any atom is 0.282 e. The van der Waals surface area contributed by atoms with E-state index in [1.54, 1.807) is 30.3 Å². The van der Waals surface area contributed by atoms with Gasteiger partial charge in [-0.15, -0.1) is 0 Å². The maximum absolute atomic E-state index is 13.0. The number of benzene rings is 3. The molecule has 3 amide bonds. The van der Waals surface area contributed by atoms with Crippen molar-refractivity contribution < 1.29 is 23.9 Å². The molecule has 2 N–H and O–H groups in total. The summed E-state index contributed by atoms with van der Waals surface area (Å²) in [6.07, 6.45) is 1.48. The topological polar surface area (TPSA) is 97.0 Å². The summed E-state index contributed by atoms with van der Waals surface area (Å²) in [5, 5.41) is 4.02. The molecular weight excluding hydrogens is 606 g/mol. The average molecular weight is 629 g/mol. The number of nitrogens with zero attached hydrogens (tertiary/aromatic N) is 1. The first-order valence-corrected chi connectivity index (χ1v) is 12.9. The minimum atomic E-state index is -0.525. The molecule has 1 aliphatic heterocycles. The molecule has 0 aliphatic carbocycles. The molecule has 3 aromatic rings. The highest BCUT2D eigenvalue weighted by atomic mass is 79.9. The summed E-state index contributed by atoms with van der Waals surface area (Å²) in [6.45, 7) is 3.79. The molecule has 0 aromatic heterocycles. The average Bonchev–Trinajstić information content (AvgIpc) is 3.17. The number of halogens is 2. The molecule has 37 heavy (non-hydrogen) atoms. The van der Waals surface area contributed by atoms with Crippen LogP contribution in [0, 0.1) is 6.92 Å². The summed E-state index contributed by atoms with van der Waals surface area (Å²) in [7, 11) is 0. The monoisotopic (exact) mass is 627 g/mol. The first-order valence-electron chi connectivity index (χ1n) is 11.4. The summed E-state index contributed by atoms with van der Waals surface area (Å²) < 4.78 is 12.6. The second-order valence-corrected chi connectivity index (χ2v) is 9.57. The van der Waals surface area contributed by atoms with Crippen LogP contribution in [0.25, 0.3) is 6.08 Å². The Labute approximate surface area is 230 Å². The first kappa shape index (κ1) is 26.4. The zero-order valence-corrected chi connectivity index (χ0v) is 23.2. The molecular formula is C27H23Br2N3O5. The number of amides is 3. The van der Waals surface area contributed by atoms with Gasteiger partial charge in [0.25, 0.3) is 17.7 Å². The van der Waals surface area contributed by atoms with E-state index >= 15 is 0 Å². The van der Waals surface area contributed by atoms with Gasteiger partial charge in [-0.05, 0) is 87.2 Å². The van der Waals surface area contributed by atoms with Crippen molar-refractivity contribution in [3.8, 4) is 11.5 Å². The van der Waals surface area contributed by atoms with Crippen molar-refractivity contribution in [2.45, 2.75) is 13.8 Å². The van der Waals surface area contributed by atoms with Crippen LogP contribution in [-0.2, 0) is 14.4 Å². The molecule has 8 nitrogen and oxygen atoms in total. The van der Waals surface area contributed by atoms with Crippen LogP contribution in [0.3, 0.4) is 0 Å². The van der Waals surface area contributed by atoms with Crippen LogP contribution >= 0.6 is 31.9 Å². The summed E-state index contributed by atoms with van der Waals surface area (Å²) in [4.78, 5) is 38.1. The summed E-state index contributed by atoms with van der Waals surface area (Å²) in [5.41, 5.74) is 5.24. The van der Waals surface area contributed by atoms with E-state index in [4.69, 9.17) is 9.47 Å². The minimum Gasteiger partial charge on any atom is -0.490 e. The SMILES string of the molecule is CCOc1cc(/C=C2/C(=O)NN(c3ccccc3)C2=O)c(Br)c(Br)c1OCC(=O)Nc1ccccc1C. The molecule has 0 unspecified atom stereocenters. The van der Waals surface area contributed by atoms with Gasteiger partial charge in [0.1, 0.15) is 5.57 Å². The van der Waals surface area contributed by atoms with E-state index in [2.05, 4.69) is 42.6 Å². The number of carbonyl (C=O) groups excluding carboxylic acids is 3. The third kappa shape index (κ3) is 5.86. The lowest BCUT2D eigenvalue weighted by Gasteiger charge is -2.17. The van der Waals surface area contributed by atoms with Crippen LogP contribution in [0.15, 0.2) is 75.2 Å². The van der Waals surface area contributed by atoms with Gasteiger partial charge in [0.2, 0.25) is 0 Å². The van der Waals surface area contributed by atoms with E-state index in [9.17, 15) is 14.4 Å². The largest absolute Gasteiger partial charge is 0.490 e. The molecule has 0 bridgehead atoms. The molecule has 10 heteroatoms. The number of ether oxygens (including phenoxy) is 2. The van der Waals surface area contributed by atoms with Crippen molar-refractivity contribution in [1.29, 1.82) is 0 Å². The van der Waals surface area contributed by atoms with Crippen LogP contribution in [0.2, 0.25) is 0 Å². The van der Waals surface area contributed by atoms with Gasteiger partial charge in [-0.1, -0.05) is 36.4 Å². The van der Waals surface area contributed by atoms with Crippen molar-refractivity contribution in [1.82, 2.24) is 5.43 Å². The maximum atomic E-state index is 13.0. The number of aryl methyl sites for hydroxylation is 1. The number of hydrogen-bond donors (Lipinski definition) is 2. The Morgan fingerprint density at radius 2 is 1.73 bits per heavy atom. The summed E-state index contributed by atoms with van der Waals surface area (Å²) >= 11 is 7.01. The number of hydrazine groups is 1. The number of hydrogen-bond acceptors (Lipinski definition) is 5. The van der Waals surface area contributed by atoms with E-state index in [1.165, 1.54) is 11.1 Å². The molecule has 4 rings (SSSR count). The Bertz CT molecular complexity index is 1390. The molecule has 1 fully saturated rings. The quantitative estimate of drug-likeness (QED) is 0.257. The molecule has 190 valence electrons. The van der Waals surface area contributed by atoms with Crippen LogP contribution in [-0.4, -0.2) is 30.9 Å². The van der Waals surface area contributed by atoms with E-state index in [1.807, 2.05) is 44.2 Å². The molecule has 1 heterocycles. The van der Waals surface area contributed by atoms with Crippen LogP contribution < -0.4 is 25.2 Å². The summed E-state index contributed by atoms with van der Waals surface area (Å²) in [6, 6.07) is 17.9. The number of nitrogens with one attached hydrogen (secondary N) is 2. The highest BCUT2D eigenvalue weighted by molar-refractivity contribution is 9.13. The highest BCUT2D eigenvalue weighted by Crippen LogP contribution is 2.44. The van der Waals surface area contributed by atoms with Gasteiger partial charge >= 0.3 is 0 Å². The Morgan fingerprint density at radius 1 is 1.03 bits per heavy atom. The van der Waals surface area contributed by atoms with Crippen molar-refractivity contribution >= 4 is 67.0 Å². The van der Waals surface area contributed by atoms with Crippen molar-refractivity contribution in [2.75, 3.05) is 23.5 Å². The van der Waals surface area contributed by atoms with Gasteiger partial charge in [0.05, 0.1) is 16.8 Å². The predicted molar refractivity (Wildman–Crippen MR) is 148 cm³/mol. The molecule has 0 atom stereocenters. The third-order valence-corrected chi connectivity index (χ3v) is 7.57. The van der Waals surface area contributed by atoms with Gasteiger partial charge < -0.3 is 14.8 Å². The van der Waals surface area contributed by atoms with Crippen molar-refractivity contribution in [3.63, 3.8) is 0 Å². The van der Waals surface area contributed by atoms with E-state index in [-0.39, 0.29) is 18.1 Å². The fourth-order valence-electron chi connectivity index (χ4n) is 3.62. The zero-order chi connectivity index (χ0) is 26.5. The van der Waals surface area contributed by atoms with E-state index in [0.29, 0.717) is 44.0 Å². The van der Waals surface area contributed by atoms with E-state index in [0.717, 1.165) is 5.56 Å². The molecule has 0 radical (unpaired) electrons. The minimum absolute atomic E-state index is 0.0369. The van der Waals surface area contributed by atoms with Gasteiger partial charge in [0, 0.05) is 10.2 Å². The molecule has 0 spiro atoms. The summed E-state index contributed by atoms with van der Waals surface area (Å²) in [5.74, 6) is -0.684. The zero-order valence-electron chi connectivity index (χ0n) is 20.0. The number of anilines is 2. The predicted octanol–water partition coefficient (Wildman–Crippen LogP) is 5.40. The second-order valence-electron chi connectivity index (χ2n) is 7.98. The fourth-order valence-corrected chi connectivity index (χ4v) is 4.56.